The lowest BCUT2D eigenvalue weighted by Crippen LogP contribution is -2.39. The molecule has 11 heteroatoms. The van der Waals surface area contributed by atoms with Gasteiger partial charge in [0.05, 0.1) is 18.4 Å². The molecule has 44 heavy (non-hydrogen) atoms. The number of benzene rings is 1. The molecule has 0 bridgehead atoms. The first-order chi connectivity index (χ1) is 20.7. The third-order valence-electron chi connectivity index (χ3n) is 8.58. The van der Waals surface area contributed by atoms with Gasteiger partial charge in [-0.1, -0.05) is 32.0 Å². The van der Waals surface area contributed by atoms with Crippen LogP contribution in [0.5, 0.6) is 6.01 Å². The van der Waals surface area contributed by atoms with Crippen LogP contribution in [0.25, 0.3) is 11.1 Å². The minimum absolute atomic E-state index is 0.0341. The Kier molecular flexibility index (Phi) is 8.45. The second-order valence-electron chi connectivity index (χ2n) is 13.6. The van der Waals surface area contributed by atoms with Gasteiger partial charge in [-0.25, -0.2) is 9.59 Å². The number of nitrogens with zero attached hydrogens (tertiary/aromatic N) is 5. The van der Waals surface area contributed by atoms with Gasteiger partial charge in [0.25, 0.3) is 0 Å². The van der Waals surface area contributed by atoms with Crippen molar-refractivity contribution in [3.8, 4) is 17.1 Å². The molecule has 2 aliphatic rings. The highest BCUT2D eigenvalue weighted by Gasteiger charge is 2.36. The first-order valence-electron chi connectivity index (χ1n) is 15.2. The molecule has 0 radical (unpaired) electrons. The normalized spacial score (nSPS) is 17.3. The van der Waals surface area contributed by atoms with Gasteiger partial charge in [-0.05, 0) is 76.0 Å². The van der Waals surface area contributed by atoms with E-state index in [4.69, 9.17) is 14.5 Å². The minimum Gasteiger partial charge on any atom is -0.479 e. The Bertz CT molecular complexity index is 1620. The SMILES string of the molecule is COc1nc(N2CCc3cc(-c4c(C)nc(C)c([C@H](OC(C)(C)C)C(=O)O)c4N4CCC(C)(C)CC4)ccc3C2)[nH]c(=O)n1. The first kappa shape index (κ1) is 31.4. The summed E-state index contributed by atoms with van der Waals surface area (Å²) in [5.41, 5.74) is 6.37. The summed E-state index contributed by atoms with van der Waals surface area (Å²) in [5, 5.41) is 10.5. The van der Waals surface area contributed by atoms with Gasteiger partial charge >= 0.3 is 17.7 Å². The summed E-state index contributed by atoms with van der Waals surface area (Å²) >= 11 is 0. The fourth-order valence-electron chi connectivity index (χ4n) is 6.24. The van der Waals surface area contributed by atoms with Crippen LogP contribution in [0, 0.1) is 19.3 Å². The lowest BCUT2D eigenvalue weighted by molar-refractivity contribution is -0.160. The number of aromatic amines is 1. The van der Waals surface area contributed by atoms with Crippen LogP contribution in [0.2, 0.25) is 0 Å². The Morgan fingerprint density at radius 3 is 2.36 bits per heavy atom. The molecule has 4 heterocycles. The summed E-state index contributed by atoms with van der Waals surface area (Å²) in [6.45, 7) is 17.0. The number of H-pyrrole nitrogens is 1. The third kappa shape index (κ3) is 6.57. The fourth-order valence-corrected chi connectivity index (χ4v) is 6.24. The number of carboxylic acid groups (broad SMARTS) is 1. The van der Waals surface area contributed by atoms with E-state index in [0.29, 0.717) is 30.3 Å². The second kappa shape index (κ2) is 11.8. The van der Waals surface area contributed by atoms with E-state index in [1.165, 1.54) is 12.7 Å². The van der Waals surface area contributed by atoms with Crippen LogP contribution in [0.15, 0.2) is 23.0 Å². The predicted molar refractivity (Wildman–Crippen MR) is 170 cm³/mol. The van der Waals surface area contributed by atoms with Crippen LogP contribution < -0.4 is 20.2 Å². The van der Waals surface area contributed by atoms with Crippen molar-refractivity contribution in [1.82, 2.24) is 19.9 Å². The van der Waals surface area contributed by atoms with E-state index in [9.17, 15) is 14.7 Å². The average Bonchev–Trinajstić information content (AvgIpc) is 2.94. The van der Waals surface area contributed by atoms with Crippen LogP contribution in [-0.4, -0.2) is 63.4 Å². The number of anilines is 2. The van der Waals surface area contributed by atoms with E-state index in [1.807, 2.05) is 39.5 Å². The lowest BCUT2D eigenvalue weighted by atomic mass is 9.81. The van der Waals surface area contributed by atoms with Crippen LogP contribution in [-0.2, 0) is 22.5 Å². The largest absolute Gasteiger partial charge is 0.479 e. The van der Waals surface area contributed by atoms with Gasteiger partial charge in [0.1, 0.15) is 0 Å². The molecule has 1 atom stereocenters. The van der Waals surface area contributed by atoms with Crippen molar-refractivity contribution < 1.29 is 19.4 Å². The van der Waals surface area contributed by atoms with Gasteiger partial charge in [-0.3, -0.25) is 9.97 Å². The van der Waals surface area contributed by atoms with Gasteiger partial charge in [0, 0.05) is 48.7 Å². The number of rotatable bonds is 7. The molecule has 11 nitrogen and oxygen atoms in total. The zero-order chi connectivity index (χ0) is 32.0. The molecule has 0 amide bonds. The molecule has 2 aromatic heterocycles. The summed E-state index contributed by atoms with van der Waals surface area (Å²) in [6.07, 6.45) is 1.58. The van der Waals surface area contributed by atoms with Gasteiger partial charge in [-0.2, -0.15) is 4.98 Å². The van der Waals surface area contributed by atoms with Crippen molar-refractivity contribution in [3.05, 3.63) is 56.8 Å². The van der Waals surface area contributed by atoms with E-state index >= 15 is 0 Å². The number of methoxy groups -OCH3 is 1. The standard InChI is InChI=1S/C33H44N6O5/c1-19-24(22-9-10-23-18-39(14-11-21(23)17-22)29-35-30(42)37-31(36-29)43-8)26(38-15-12-33(6,7)13-16-38)25(20(2)34-19)27(28(40)41)44-32(3,4)5/h9-10,17,27H,11-16,18H2,1-8H3,(H,40,41)(H,35,36,37,42)/t27-/m0/s1. The number of hydrogen-bond acceptors (Lipinski definition) is 9. The number of aliphatic carboxylic acids is 1. The van der Waals surface area contributed by atoms with Crippen molar-refractivity contribution >= 4 is 17.6 Å². The van der Waals surface area contributed by atoms with Gasteiger partial charge in [0.2, 0.25) is 5.95 Å². The van der Waals surface area contributed by atoms with E-state index in [1.54, 1.807) is 0 Å². The van der Waals surface area contributed by atoms with Crippen LogP contribution in [0.1, 0.15) is 81.6 Å². The summed E-state index contributed by atoms with van der Waals surface area (Å²) in [5.74, 6) is -0.600. The zero-order valence-corrected chi connectivity index (χ0v) is 27.1. The highest BCUT2D eigenvalue weighted by Crippen LogP contribution is 2.45. The van der Waals surface area contributed by atoms with E-state index in [-0.39, 0.29) is 11.4 Å². The Labute approximate surface area is 258 Å². The van der Waals surface area contributed by atoms with Crippen LogP contribution >= 0.6 is 0 Å². The molecule has 1 fully saturated rings. The zero-order valence-electron chi connectivity index (χ0n) is 27.1. The quantitative estimate of drug-likeness (QED) is 0.380. The number of carbonyl (C=O) groups is 1. The number of hydrogen-bond donors (Lipinski definition) is 2. The number of piperidine rings is 1. The second-order valence-corrected chi connectivity index (χ2v) is 13.6. The molecule has 5 rings (SSSR count). The van der Waals surface area contributed by atoms with Crippen molar-refractivity contribution in [2.75, 3.05) is 36.5 Å². The summed E-state index contributed by atoms with van der Waals surface area (Å²) in [7, 11) is 1.44. The molecule has 2 N–H and O–H groups in total. The third-order valence-corrected chi connectivity index (χ3v) is 8.58. The van der Waals surface area contributed by atoms with E-state index < -0.39 is 23.4 Å². The van der Waals surface area contributed by atoms with Gasteiger partial charge in [0.15, 0.2) is 6.10 Å². The van der Waals surface area contributed by atoms with Crippen molar-refractivity contribution in [1.29, 1.82) is 0 Å². The van der Waals surface area contributed by atoms with E-state index in [2.05, 4.69) is 51.9 Å². The monoisotopic (exact) mass is 604 g/mol. The summed E-state index contributed by atoms with van der Waals surface area (Å²) < 4.78 is 11.3. The van der Waals surface area contributed by atoms with E-state index in [0.717, 1.165) is 60.4 Å². The summed E-state index contributed by atoms with van der Waals surface area (Å²) in [4.78, 5) is 44.9. The minimum atomic E-state index is -1.16. The molecule has 0 unspecified atom stereocenters. The Balaban J connectivity index is 1.61. The van der Waals surface area contributed by atoms with Crippen LogP contribution in [0.3, 0.4) is 0 Å². The number of nitrogens with one attached hydrogen (secondary N) is 1. The Hall–Kier alpha value is -3.99. The molecule has 0 saturated carbocycles. The number of fused-ring (bicyclic) bond motifs is 1. The molecular weight excluding hydrogens is 560 g/mol. The average molecular weight is 605 g/mol. The molecule has 0 spiro atoms. The Morgan fingerprint density at radius 2 is 1.73 bits per heavy atom. The topological polar surface area (TPSA) is 134 Å². The van der Waals surface area contributed by atoms with Gasteiger partial charge < -0.3 is 24.4 Å². The predicted octanol–water partition coefficient (Wildman–Crippen LogP) is 4.98. The van der Waals surface area contributed by atoms with Crippen molar-refractivity contribution in [2.45, 2.75) is 86.0 Å². The molecule has 236 valence electrons. The van der Waals surface area contributed by atoms with Gasteiger partial charge in [-0.15, -0.1) is 4.98 Å². The molecule has 3 aromatic rings. The molecule has 1 saturated heterocycles. The first-order valence-corrected chi connectivity index (χ1v) is 15.2. The number of carboxylic acids is 1. The van der Waals surface area contributed by atoms with Crippen molar-refractivity contribution in [3.63, 3.8) is 0 Å². The molecule has 0 aliphatic carbocycles. The Morgan fingerprint density at radius 1 is 1.02 bits per heavy atom. The van der Waals surface area contributed by atoms with Crippen LogP contribution in [0.4, 0.5) is 11.6 Å². The maximum atomic E-state index is 12.8. The maximum Gasteiger partial charge on any atom is 0.352 e. The van der Waals surface area contributed by atoms with Crippen molar-refractivity contribution in [2.24, 2.45) is 5.41 Å². The molecular formula is C33H44N6O5. The lowest BCUT2D eigenvalue weighted by Gasteiger charge is -2.41. The fraction of sp³-hybridized carbons (Fsp3) is 0.545. The number of aromatic nitrogens is 4. The highest BCUT2D eigenvalue weighted by atomic mass is 16.5. The highest BCUT2D eigenvalue weighted by molar-refractivity contribution is 5.88. The number of pyridine rings is 1. The number of ether oxygens (including phenoxy) is 2. The maximum absolute atomic E-state index is 12.8. The molecule has 1 aromatic carbocycles. The smallest absolute Gasteiger partial charge is 0.352 e. The number of aryl methyl sites for hydroxylation is 2. The molecule has 2 aliphatic heterocycles. The summed E-state index contributed by atoms with van der Waals surface area (Å²) in [6, 6.07) is 6.44.